The third-order valence-corrected chi connectivity index (χ3v) is 3.01. The minimum Gasteiger partial charge on any atom is -0.479 e. The van der Waals surface area contributed by atoms with Gasteiger partial charge in [0.2, 0.25) is 0 Å². The van der Waals surface area contributed by atoms with E-state index in [4.69, 9.17) is 10.2 Å². The number of hydrogen-bond acceptors (Lipinski definition) is 4. The number of nitrogens with one attached hydrogen (secondary N) is 1. The van der Waals surface area contributed by atoms with E-state index in [0.29, 0.717) is 19.0 Å². The minimum atomic E-state index is -1.55. The molecule has 0 aromatic heterocycles. The van der Waals surface area contributed by atoms with Crippen LogP contribution in [0.3, 0.4) is 0 Å². The van der Waals surface area contributed by atoms with E-state index in [1.54, 1.807) is 4.90 Å². The fourth-order valence-electron chi connectivity index (χ4n) is 2.03. The smallest absolute Gasteiger partial charge is 0.334 e. The number of amides is 2. The Morgan fingerprint density at radius 3 is 2.26 bits per heavy atom. The molecule has 0 radical (unpaired) electrons. The maximum absolute atomic E-state index is 11.7. The van der Waals surface area contributed by atoms with E-state index in [9.17, 15) is 9.59 Å². The van der Waals surface area contributed by atoms with Gasteiger partial charge in [-0.15, -0.1) is 0 Å². The molecule has 0 bridgehead atoms. The first kappa shape index (κ1) is 15.7. The summed E-state index contributed by atoms with van der Waals surface area (Å²) in [5, 5.41) is 20.0. The van der Waals surface area contributed by atoms with Crippen LogP contribution < -0.4 is 5.32 Å². The average molecular weight is 273 g/mol. The van der Waals surface area contributed by atoms with E-state index in [-0.39, 0.29) is 12.6 Å². The second-order valence-electron chi connectivity index (χ2n) is 5.22. The highest BCUT2D eigenvalue weighted by Crippen LogP contribution is 2.05. The highest BCUT2D eigenvalue weighted by atomic mass is 16.4. The van der Waals surface area contributed by atoms with Crippen molar-refractivity contribution in [2.45, 2.75) is 20.0 Å². The van der Waals surface area contributed by atoms with Crippen LogP contribution in [0.25, 0.3) is 0 Å². The number of aliphatic carboxylic acids is 1. The Labute approximate surface area is 113 Å². The SMILES string of the molecule is CC(C)CN1CCN(C(=O)NC[C@H](O)C(=O)O)CC1. The largest absolute Gasteiger partial charge is 0.479 e. The van der Waals surface area contributed by atoms with Crippen molar-refractivity contribution in [1.29, 1.82) is 0 Å². The Kier molecular flexibility index (Phi) is 6.04. The number of carbonyl (C=O) groups is 2. The first-order chi connectivity index (χ1) is 8.90. The summed E-state index contributed by atoms with van der Waals surface area (Å²) in [6, 6.07) is -0.315. The molecule has 3 N–H and O–H groups in total. The van der Waals surface area contributed by atoms with Crippen LogP contribution in [-0.2, 0) is 4.79 Å². The Hall–Kier alpha value is -1.34. The molecule has 0 aromatic carbocycles. The molecule has 0 unspecified atom stereocenters. The summed E-state index contributed by atoms with van der Waals surface area (Å²) in [5.74, 6) is -0.729. The molecular weight excluding hydrogens is 250 g/mol. The summed E-state index contributed by atoms with van der Waals surface area (Å²) in [6.45, 7) is 7.98. The van der Waals surface area contributed by atoms with E-state index < -0.39 is 12.1 Å². The molecule has 1 rings (SSSR count). The van der Waals surface area contributed by atoms with Crippen LogP contribution in [0.4, 0.5) is 4.79 Å². The van der Waals surface area contributed by atoms with Gasteiger partial charge in [0.15, 0.2) is 6.10 Å². The molecule has 1 aliphatic heterocycles. The average Bonchev–Trinajstić information content (AvgIpc) is 2.35. The molecular formula is C12H23N3O4. The molecule has 19 heavy (non-hydrogen) atoms. The van der Waals surface area contributed by atoms with Crippen molar-refractivity contribution in [2.75, 3.05) is 39.3 Å². The number of nitrogens with zero attached hydrogens (tertiary/aromatic N) is 2. The van der Waals surface area contributed by atoms with Crippen LogP contribution in [0.2, 0.25) is 0 Å². The molecule has 1 atom stereocenters. The molecule has 2 amide bonds. The van der Waals surface area contributed by atoms with Gasteiger partial charge >= 0.3 is 12.0 Å². The normalized spacial score (nSPS) is 18.4. The number of piperazine rings is 1. The van der Waals surface area contributed by atoms with Crippen molar-refractivity contribution in [1.82, 2.24) is 15.1 Å². The van der Waals surface area contributed by atoms with Gasteiger partial charge in [0.05, 0.1) is 6.54 Å². The van der Waals surface area contributed by atoms with Crippen molar-refractivity contribution in [2.24, 2.45) is 5.92 Å². The predicted molar refractivity (Wildman–Crippen MR) is 69.9 cm³/mol. The molecule has 110 valence electrons. The lowest BCUT2D eigenvalue weighted by Gasteiger charge is -2.35. The van der Waals surface area contributed by atoms with Crippen molar-refractivity contribution in [3.63, 3.8) is 0 Å². The van der Waals surface area contributed by atoms with Gasteiger partial charge in [-0.2, -0.15) is 0 Å². The summed E-state index contributed by atoms with van der Waals surface area (Å²) in [5.41, 5.74) is 0. The fourth-order valence-corrected chi connectivity index (χ4v) is 2.03. The summed E-state index contributed by atoms with van der Waals surface area (Å²) in [7, 11) is 0. The minimum absolute atomic E-state index is 0.264. The zero-order valence-corrected chi connectivity index (χ0v) is 11.5. The van der Waals surface area contributed by atoms with Crippen LogP contribution in [0.15, 0.2) is 0 Å². The summed E-state index contributed by atoms with van der Waals surface area (Å²) < 4.78 is 0. The Balaban J connectivity index is 2.27. The Morgan fingerprint density at radius 1 is 1.21 bits per heavy atom. The number of aliphatic hydroxyl groups is 1. The molecule has 0 saturated carbocycles. The van der Waals surface area contributed by atoms with Gasteiger partial charge in [-0.25, -0.2) is 9.59 Å². The molecule has 1 aliphatic rings. The van der Waals surface area contributed by atoms with Crippen LogP contribution in [0, 0.1) is 5.92 Å². The molecule has 0 aromatic rings. The van der Waals surface area contributed by atoms with Gasteiger partial charge in [0.1, 0.15) is 0 Å². The summed E-state index contributed by atoms with van der Waals surface area (Å²) >= 11 is 0. The zero-order chi connectivity index (χ0) is 14.4. The molecule has 0 aliphatic carbocycles. The van der Waals surface area contributed by atoms with Gasteiger partial charge in [-0.05, 0) is 5.92 Å². The molecule has 1 fully saturated rings. The third kappa shape index (κ3) is 5.44. The van der Waals surface area contributed by atoms with E-state index in [1.807, 2.05) is 0 Å². The summed E-state index contributed by atoms with van der Waals surface area (Å²) in [4.78, 5) is 26.1. The van der Waals surface area contributed by atoms with E-state index in [0.717, 1.165) is 19.6 Å². The number of aliphatic hydroxyl groups excluding tert-OH is 1. The second kappa shape index (κ2) is 7.30. The van der Waals surface area contributed by atoms with Gasteiger partial charge in [0, 0.05) is 32.7 Å². The molecule has 7 heteroatoms. The van der Waals surface area contributed by atoms with Crippen LogP contribution in [0.5, 0.6) is 0 Å². The van der Waals surface area contributed by atoms with E-state index in [2.05, 4.69) is 24.1 Å². The second-order valence-corrected chi connectivity index (χ2v) is 5.22. The number of carboxylic acid groups (broad SMARTS) is 1. The zero-order valence-electron chi connectivity index (χ0n) is 11.5. The van der Waals surface area contributed by atoms with Crippen molar-refractivity contribution < 1.29 is 19.8 Å². The number of carboxylic acids is 1. The van der Waals surface area contributed by atoms with Crippen LogP contribution in [-0.4, -0.2) is 77.4 Å². The Morgan fingerprint density at radius 2 is 1.79 bits per heavy atom. The van der Waals surface area contributed by atoms with Gasteiger partial charge in [-0.1, -0.05) is 13.8 Å². The number of urea groups is 1. The lowest BCUT2D eigenvalue weighted by Crippen LogP contribution is -2.53. The van der Waals surface area contributed by atoms with Gasteiger partial charge in [-0.3, -0.25) is 4.90 Å². The van der Waals surface area contributed by atoms with Gasteiger partial charge < -0.3 is 20.4 Å². The van der Waals surface area contributed by atoms with Gasteiger partial charge in [0.25, 0.3) is 0 Å². The standard InChI is InChI=1S/C12H23N3O4/c1-9(2)8-14-3-5-15(6-4-14)12(19)13-7-10(16)11(17)18/h9-10,16H,3-8H2,1-2H3,(H,13,19)(H,17,18)/t10-/m0/s1. The molecule has 0 spiro atoms. The fraction of sp³-hybridized carbons (Fsp3) is 0.833. The Bertz CT molecular complexity index is 314. The van der Waals surface area contributed by atoms with Crippen molar-refractivity contribution in [3.05, 3.63) is 0 Å². The van der Waals surface area contributed by atoms with Crippen molar-refractivity contribution in [3.8, 4) is 0 Å². The molecule has 1 saturated heterocycles. The van der Waals surface area contributed by atoms with E-state index >= 15 is 0 Å². The monoisotopic (exact) mass is 273 g/mol. The van der Waals surface area contributed by atoms with Crippen molar-refractivity contribution >= 4 is 12.0 Å². The lowest BCUT2D eigenvalue weighted by atomic mass is 10.2. The highest BCUT2D eigenvalue weighted by Gasteiger charge is 2.22. The number of rotatable bonds is 5. The topological polar surface area (TPSA) is 93.1 Å². The maximum atomic E-state index is 11.7. The van der Waals surface area contributed by atoms with Crippen LogP contribution >= 0.6 is 0 Å². The summed E-state index contributed by atoms with van der Waals surface area (Å²) in [6.07, 6.45) is -1.55. The maximum Gasteiger partial charge on any atom is 0.334 e. The number of hydrogen-bond donors (Lipinski definition) is 3. The lowest BCUT2D eigenvalue weighted by molar-refractivity contribution is -0.146. The quantitative estimate of drug-likeness (QED) is 0.623. The predicted octanol–water partition coefficient (Wildman–Crippen LogP) is -0.585. The number of carbonyl (C=O) groups excluding carboxylic acids is 1. The van der Waals surface area contributed by atoms with Crippen LogP contribution in [0.1, 0.15) is 13.8 Å². The molecule has 1 heterocycles. The molecule has 7 nitrogen and oxygen atoms in total. The highest BCUT2D eigenvalue weighted by molar-refractivity contribution is 5.76. The first-order valence-electron chi connectivity index (χ1n) is 6.56. The third-order valence-electron chi connectivity index (χ3n) is 3.01. The first-order valence-corrected chi connectivity index (χ1v) is 6.56. The van der Waals surface area contributed by atoms with E-state index in [1.165, 1.54) is 0 Å².